The van der Waals surface area contributed by atoms with Gasteiger partial charge in [-0.2, -0.15) is 5.10 Å². The molecule has 3 heterocycles. The first-order valence-corrected chi connectivity index (χ1v) is 10.5. The van der Waals surface area contributed by atoms with Crippen LogP contribution in [0.4, 0.5) is 0 Å². The smallest absolute Gasteiger partial charge is 0.239 e. The van der Waals surface area contributed by atoms with Crippen LogP contribution in [0.1, 0.15) is 35.7 Å². The van der Waals surface area contributed by atoms with Crippen molar-refractivity contribution in [2.24, 2.45) is 10.7 Å². The Hall–Kier alpha value is -3.78. The standard InChI is InChI=1S/C23H20ClN7O/c1-13-23-29-28-14(2)31(23)20-8-5-16(17-10-26-30(11-17)12-21(25)32)9-19(20)22(27-13)15-3-6-18(24)7-4-15/h3-11,13H,12H2,1-2H3,(H2,25,32)/t13-/m1/s1. The zero-order chi connectivity index (χ0) is 22.4. The zero-order valence-electron chi connectivity index (χ0n) is 17.5. The molecule has 1 aliphatic heterocycles. The number of nitrogens with zero attached hydrogens (tertiary/aromatic N) is 6. The van der Waals surface area contributed by atoms with E-state index in [1.165, 1.54) is 4.68 Å². The maximum atomic E-state index is 11.2. The number of aryl methyl sites for hydroxylation is 1. The van der Waals surface area contributed by atoms with Gasteiger partial charge in [-0.15, -0.1) is 10.2 Å². The number of carbonyl (C=O) groups excluding carboxylic acids is 1. The Kier molecular flexibility index (Phi) is 4.86. The molecule has 8 nitrogen and oxygen atoms in total. The summed E-state index contributed by atoms with van der Waals surface area (Å²) in [6, 6.07) is 13.6. The molecule has 5 rings (SSSR count). The summed E-state index contributed by atoms with van der Waals surface area (Å²) in [5.74, 6) is 1.14. The van der Waals surface area contributed by atoms with Gasteiger partial charge in [0.15, 0.2) is 5.82 Å². The Bertz CT molecular complexity index is 1370. The molecule has 32 heavy (non-hydrogen) atoms. The van der Waals surface area contributed by atoms with Crippen molar-refractivity contribution in [1.29, 1.82) is 0 Å². The number of nitrogens with two attached hydrogens (primary N) is 1. The van der Waals surface area contributed by atoms with Crippen LogP contribution in [0.15, 0.2) is 59.9 Å². The van der Waals surface area contributed by atoms with Gasteiger partial charge in [0.1, 0.15) is 18.4 Å². The summed E-state index contributed by atoms with van der Waals surface area (Å²) in [7, 11) is 0. The largest absolute Gasteiger partial charge is 0.368 e. The monoisotopic (exact) mass is 445 g/mol. The number of halogens is 1. The zero-order valence-corrected chi connectivity index (χ0v) is 18.3. The van der Waals surface area contributed by atoms with Gasteiger partial charge in [-0.25, -0.2) is 0 Å². The van der Waals surface area contributed by atoms with Crippen LogP contribution in [-0.4, -0.2) is 36.2 Å². The Morgan fingerprint density at radius 2 is 1.84 bits per heavy atom. The number of hydrogen-bond acceptors (Lipinski definition) is 5. The van der Waals surface area contributed by atoms with E-state index in [1.54, 1.807) is 12.4 Å². The van der Waals surface area contributed by atoms with Gasteiger partial charge >= 0.3 is 0 Å². The van der Waals surface area contributed by atoms with Crippen molar-refractivity contribution in [3.63, 3.8) is 0 Å². The van der Waals surface area contributed by atoms with Crippen molar-refractivity contribution in [3.8, 4) is 16.8 Å². The summed E-state index contributed by atoms with van der Waals surface area (Å²) in [4.78, 5) is 16.3. The van der Waals surface area contributed by atoms with Crippen molar-refractivity contribution >= 4 is 23.2 Å². The molecule has 2 N–H and O–H groups in total. The van der Waals surface area contributed by atoms with Crippen molar-refractivity contribution in [3.05, 3.63) is 82.7 Å². The summed E-state index contributed by atoms with van der Waals surface area (Å²) in [5.41, 5.74) is 10.8. The number of aliphatic imine (C=N–C) groups is 1. The third-order valence-electron chi connectivity index (χ3n) is 5.44. The molecule has 0 spiro atoms. The molecule has 160 valence electrons. The maximum absolute atomic E-state index is 11.2. The second-order valence-electron chi connectivity index (χ2n) is 7.73. The van der Waals surface area contributed by atoms with Gasteiger partial charge < -0.3 is 5.73 Å². The van der Waals surface area contributed by atoms with Crippen molar-refractivity contribution < 1.29 is 4.79 Å². The van der Waals surface area contributed by atoms with Crippen molar-refractivity contribution in [2.75, 3.05) is 0 Å². The Morgan fingerprint density at radius 1 is 1.09 bits per heavy atom. The number of primary amides is 1. The normalized spacial score (nSPS) is 15.0. The Morgan fingerprint density at radius 3 is 2.59 bits per heavy atom. The van der Waals surface area contributed by atoms with Crippen LogP contribution in [0.2, 0.25) is 5.02 Å². The van der Waals surface area contributed by atoms with E-state index in [1.807, 2.05) is 54.8 Å². The molecular weight excluding hydrogens is 426 g/mol. The molecule has 1 aliphatic rings. The lowest BCUT2D eigenvalue weighted by Gasteiger charge is -2.14. The second kappa shape index (κ2) is 7.72. The first kappa shape index (κ1) is 20.1. The number of amides is 1. The van der Waals surface area contributed by atoms with Gasteiger partial charge in [0.2, 0.25) is 5.91 Å². The van der Waals surface area contributed by atoms with E-state index in [9.17, 15) is 4.79 Å². The lowest BCUT2D eigenvalue weighted by atomic mass is 9.96. The molecule has 9 heteroatoms. The number of carbonyl (C=O) groups is 1. The molecule has 0 bridgehead atoms. The van der Waals surface area contributed by atoms with Crippen LogP contribution < -0.4 is 5.73 Å². The van der Waals surface area contributed by atoms with Crippen LogP contribution in [0, 0.1) is 6.92 Å². The molecule has 2 aromatic heterocycles. The lowest BCUT2D eigenvalue weighted by molar-refractivity contribution is -0.118. The maximum Gasteiger partial charge on any atom is 0.239 e. The van der Waals surface area contributed by atoms with Gasteiger partial charge in [-0.3, -0.25) is 19.0 Å². The molecule has 0 saturated carbocycles. The molecule has 2 aromatic carbocycles. The Labute approximate surface area is 189 Å². The summed E-state index contributed by atoms with van der Waals surface area (Å²) < 4.78 is 3.58. The predicted molar refractivity (Wildman–Crippen MR) is 122 cm³/mol. The van der Waals surface area contributed by atoms with Crippen LogP contribution in [0.3, 0.4) is 0 Å². The van der Waals surface area contributed by atoms with Gasteiger partial charge in [0, 0.05) is 27.9 Å². The Balaban J connectivity index is 1.70. The molecule has 0 fully saturated rings. The molecule has 1 amide bonds. The summed E-state index contributed by atoms with van der Waals surface area (Å²) in [6.45, 7) is 3.97. The SMILES string of the molecule is Cc1nnc2n1-c1ccc(-c3cnn(CC(N)=O)c3)cc1C(c1ccc(Cl)cc1)=N[C@@H]2C. The molecular formula is C23H20ClN7O. The molecule has 0 saturated heterocycles. The minimum atomic E-state index is -0.441. The van der Waals surface area contributed by atoms with E-state index < -0.39 is 5.91 Å². The number of aromatic nitrogens is 5. The fraction of sp³-hybridized carbons (Fsp3) is 0.174. The quantitative estimate of drug-likeness (QED) is 0.519. The minimum Gasteiger partial charge on any atom is -0.368 e. The number of fused-ring (bicyclic) bond motifs is 3. The average Bonchev–Trinajstić information content (AvgIpc) is 3.35. The van der Waals surface area contributed by atoms with Gasteiger partial charge in [0.25, 0.3) is 0 Å². The number of benzene rings is 2. The van der Waals surface area contributed by atoms with Crippen LogP contribution >= 0.6 is 11.6 Å². The highest BCUT2D eigenvalue weighted by Gasteiger charge is 2.26. The summed E-state index contributed by atoms with van der Waals surface area (Å²) in [5, 5.41) is 13.6. The van der Waals surface area contributed by atoms with Crippen LogP contribution in [-0.2, 0) is 11.3 Å². The highest BCUT2D eigenvalue weighted by atomic mass is 35.5. The van der Waals surface area contributed by atoms with Crippen LogP contribution in [0.25, 0.3) is 16.8 Å². The van der Waals surface area contributed by atoms with E-state index in [4.69, 9.17) is 22.3 Å². The second-order valence-corrected chi connectivity index (χ2v) is 8.16. The first-order valence-electron chi connectivity index (χ1n) is 10.1. The molecule has 0 unspecified atom stereocenters. The lowest BCUT2D eigenvalue weighted by Crippen LogP contribution is -2.18. The van der Waals surface area contributed by atoms with Gasteiger partial charge in [0.05, 0.1) is 17.6 Å². The van der Waals surface area contributed by atoms with Crippen molar-refractivity contribution in [1.82, 2.24) is 24.5 Å². The molecule has 0 aliphatic carbocycles. The minimum absolute atomic E-state index is 0.0310. The third kappa shape index (κ3) is 3.48. The third-order valence-corrected chi connectivity index (χ3v) is 5.69. The van der Waals surface area contributed by atoms with E-state index in [2.05, 4.69) is 21.4 Å². The molecule has 1 atom stereocenters. The highest BCUT2D eigenvalue weighted by Crippen LogP contribution is 2.33. The summed E-state index contributed by atoms with van der Waals surface area (Å²) >= 11 is 6.13. The van der Waals surface area contributed by atoms with Gasteiger partial charge in [-0.05, 0) is 43.7 Å². The molecule has 4 aromatic rings. The van der Waals surface area contributed by atoms with E-state index in [0.29, 0.717) is 5.02 Å². The van der Waals surface area contributed by atoms with E-state index in [-0.39, 0.29) is 12.6 Å². The summed E-state index contributed by atoms with van der Waals surface area (Å²) in [6.07, 6.45) is 3.53. The van der Waals surface area contributed by atoms with Gasteiger partial charge in [-0.1, -0.05) is 29.8 Å². The fourth-order valence-electron chi connectivity index (χ4n) is 3.96. The average molecular weight is 446 g/mol. The van der Waals surface area contributed by atoms with E-state index >= 15 is 0 Å². The fourth-order valence-corrected chi connectivity index (χ4v) is 4.09. The van der Waals surface area contributed by atoms with E-state index in [0.717, 1.165) is 45.3 Å². The topological polar surface area (TPSA) is 104 Å². The number of rotatable bonds is 4. The number of hydrogen-bond donors (Lipinski definition) is 1. The highest BCUT2D eigenvalue weighted by molar-refractivity contribution is 6.30. The first-order chi connectivity index (χ1) is 15.4. The van der Waals surface area contributed by atoms with Crippen molar-refractivity contribution in [2.45, 2.75) is 26.4 Å². The van der Waals surface area contributed by atoms with Crippen LogP contribution in [0.5, 0.6) is 0 Å². The molecule has 0 radical (unpaired) electrons. The predicted octanol–water partition coefficient (Wildman–Crippen LogP) is 3.49.